The summed E-state index contributed by atoms with van der Waals surface area (Å²) in [7, 11) is -1.51. The minimum atomic E-state index is -1.51. The second-order valence-corrected chi connectivity index (χ2v) is 6.28. The van der Waals surface area contributed by atoms with Crippen LogP contribution in [0.3, 0.4) is 0 Å². The topological polar surface area (TPSA) is 86.1 Å². The van der Waals surface area contributed by atoms with Crippen LogP contribution >= 0.6 is 0 Å². The van der Waals surface area contributed by atoms with Crippen molar-refractivity contribution in [3.05, 3.63) is 18.3 Å². The van der Waals surface area contributed by atoms with Crippen LogP contribution in [-0.2, 0) is 4.74 Å². The van der Waals surface area contributed by atoms with Crippen LogP contribution in [0.2, 0.25) is 0 Å². The van der Waals surface area contributed by atoms with Crippen molar-refractivity contribution in [3.8, 4) is 0 Å². The molecule has 2 N–H and O–H groups in total. The fourth-order valence-electron chi connectivity index (χ4n) is 2.18. The van der Waals surface area contributed by atoms with Gasteiger partial charge in [0.05, 0.1) is 0 Å². The standard InChI is InChI=1S/C14H22BN3O4/c1-14(2,3)22-13(19)18-8-6-17(7-9-18)12-5-4-11(10-16-12)15(20)21/h4-5,10,20-21H,6-9H2,1-3H3. The monoisotopic (exact) mass is 307 g/mol. The highest BCUT2D eigenvalue weighted by atomic mass is 16.6. The summed E-state index contributed by atoms with van der Waals surface area (Å²) in [4.78, 5) is 20.0. The van der Waals surface area contributed by atoms with Gasteiger partial charge in [-0.1, -0.05) is 6.07 Å². The molecule has 0 spiro atoms. The highest BCUT2D eigenvalue weighted by molar-refractivity contribution is 6.58. The van der Waals surface area contributed by atoms with E-state index in [1.807, 2.05) is 20.8 Å². The molecule has 1 aliphatic heterocycles. The fourth-order valence-corrected chi connectivity index (χ4v) is 2.18. The third-order valence-electron chi connectivity index (χ3n) is 3.32. The number of rotatable bonds is 2. The molecule has 0 aliphatic carbocycles. The number of amides is 1. The quantitative estimate of drug-likeness (QED) is 0.737. The van der Waals surface area contributed by atoms with Crippen LogP contribution in [0.25, 0.3) is 0 Å². The van der Waals surface area contributed by atoms with Gasteiger partial charge in [0.15, 0.2) is 0 Å². The normalized spacial score (nSPS) is 15.7. The van der Waals surface area contributed by atoms with Crippen LogP contribution in [0, 0.1) is 0 Å². The number of hydrogen-bond acceptors (Lipinski definition) is 6. The van der Waals surface area contributed by atoms with E-state index in [1.54, 1.807) is 17.0 Å². The molecule has 1 amide bonds. The van der Waals surface area contributed by atoms with E-state index in [0.29, 0.717) is 31.6 Å². The maximum absolute atomic E-state index is 12.0. The highest BCUT2D eigenvalue weighted by Crippen LogP contribution is 2.15. The lowest BCUT2D eigenvalue weighted by Gasteiger charge is -2.36. The predicted molar refractivity (Wildman–Crippen MR) is 84.1 cm³/mol. The van der Waals surface area contributed by atoms with E-state index in [1.165, 1.54) is 6.20 Å². The highest BCUT2D eigenvalue weighted by Gasteiger charge is 2.26. The zero-order valence-electron chi connectivity index (χ0n) is 13.2. The molecule has 1 aromatic heterocycles. The Bertz CT molecular complexity index is 508. The number of nitrogens with zero attached hydrogens (tertiary/aromatic N) is 3. The first-order valence-electron chi connectivity index (χ1n) is 7.31. The van der Waals surface area contributed by atoms with E-state index in [0.717, 1.165) is 5.82 Å². The first-order valence-corrected chi connectivity index (χ1v) is 7.31. The molecular weight excluding hydrogens is 285 g/mol. The Morgan fingerprint density at radius 3 is 2.32 bits per heavy atom. The third-order valence-corrected chi connectivity index (χ3v) is 3.32. The molecule has 7 nitrogen and oxygen atoms in total. The fraction of sp³-hybridized carbons (Fsp3) is 0.571. The summed E-state index contributed by atoms with van der Waals surface area (Å²) in [5, 5.41) is 18.1. The van der Waals surface area contributed by atoms with Gasteiger partial charge in [-0.25, -0.2) is 9.78 Å². The number of anilines is 1. The number of ether oxygens (including phenoxy) is 1. The van der Waals surface area contributed by atoms with Crippen LogP contribution in [0.15, 0.2) is 18.3 Å². The zero-order valence-corrected chi connectivity index (χ0v) is 13.2. The SMILES string of the molecule is CC(C)(C)OC(=O)N1CCN(c2ccc(B(O)O)cn2)CC1. The number of pyridine rings is 1. The summed E-state index contributed by atoms with van der Waals surface area (Å²) in [5.41, 5.74) is -0.132. The van der Waals surface area contributed by atoms with Gasteiger partial charge in [-0.05, 0) is 26.8 Å². The van der Waals surface area contributed by atoms with Crippen molar-refractivity contribution in [2.75, 3.05) is 31.1 Å². The molecule has 8 heteroatoms. The largest absolute Gasteiger partial charge is 0.490 e. The molecule has 1 fully saturated rings. The molecule has 0 saturated carbocycles. The van der Waals surface area contributed by atoms with Crippen molar-refractivity contribution in [2.45, 2.75) is 26.4 Å². The molecule has 1 saturated heterocycles. The van der Waals surface area contributed by atoms with Crippen LogP contribution in [0.1, 0.15) is 20.8 Å². The number of carbonyl (C=O) groups is 1. The summed E-state index contributed by atoms with van der Waals surface area (Å²) in [5.74, 6) is 0.758. The molecule has 0 unspecified atom stereocenters. The van der Waals surface area contributed by atoms with Crippen LogP contribution in [0.4, 0.5) is 10.6 Å². The minimum Gasteiger partial charge on any atom is -0.444 e. The Morgan fingerprint density at radius 1 is 1.23 bits per heavy atom. The van der Waals surface area contributed by atoms with Gasteiger partial charge >= 0.3 is 13.2 Å². The van der Waals surface area contributed by atoms with Crippen molar-refractivity contribution >= 4 is 24.5 Å². The van der Waals surface area contributed by atoms with E-state index < -0.39 is 12.7 Å². The Morgan fingerprint density at radius 2 is 1.86 bits per heavy atom. The average Bonchev–Trinajstić information content (AvgIpc) is 2.46. The van der Waals surface area contributed by atoms with Gasteiger partial charge in [-0.15, -0.1) is 0 Å². The lowest BCUT2D eigenvalue weighted by molar-refractivity contribution is 0.0240. The van der Waals surface area contributed by atoms with Crippen molar-refractivity contribution < 1.29 is 19.6 Å². The molecule has 1 aromatic rings. The molecule has 0 atom stereocenters. The molecule has 0 bridgehead atoms. The summed E-state index contributed by atoms with van der Waals surface area (Å²) in [6, 6.07) is 3.38. The predicted octanol–water partition coefficient (Wildman–Crippen LogP) is -0.181. The van der Waals surface area contributed by atoms with Crippen LogP contribution < -0.4 is 10.4 Å². The molecule has 120 valence electrons. The van der Waals surface area contributed by atoms with Gasteiger partial charge in [0.1, 0.15) is 11.4 Å². The molecule has 22 heavy (non-hydrogen) atoms. The number of aromatic nitrogens is 1. The minimum absolute atomic E-state index is 0.293. The molecular formula is C14H22BN3O4. The third kappa shape index (κ3) is 4.35. The Balaban J connectivity index is 1.90. The molecule has 0 aromatic carbocycles. The number of piperazine rings is 1. The van der Waals surface area contributed by atoms with Crippen molar-refractivity contribution in [1.29, 1.82) is 0 Å². The maximum atomic E-state index is 12.0. The smallest absolute Gasteiger partial charge is 0.444 e. The summed E-state index contributed by atoms with van der Waals surface area (Å²) in [6.45, 7) is 8.01. The van der Waals surface area contributed by atoms with Crippen molar-refractivity contribution in [2.24, 2.45) is 0 Å². The lowest BCUT2D eigenvalue weighted by Crippen LogP contribution is -2.50. The number of carbonyl (C=O) groups excluding carboxylic acids is 1. The Labute approximate surface area is 130 Å². The lowest BCUT2D eigenvalue weighted by atomic mass is 9.82. The van der Waals surface area contributed by atoms with E-state index >= 15 is 0 Å². The summed E-state index contributed by atoms with van der Waals surface area (Å²) < 4.78 is 5.36. The van der Waals surface area contributed by atoms with Gasteiger partial charge < -0.3 is 24.6 Å². The van der Waals surface area contributed by atoms with Crippen LogP contribution in [0.5, 0.6) is 0 Å². The van der Waals surface area contributed by atoms with E-state index in [4.69, 9.17) is 14.8 Å². The van der Waals surface area contributed by atoms with E-state index in [-0.39, 0.29) is 6.09 Å². The summed E-state index contributed by atoms with van der Waals surface area (Å²) in [6.07, 6.45) is 1.15. The molecule has 1 aliphatic rings. The zero-order chi connectivity index (χ0) is 16.3. The molecule has 2 rings (SSSR count). The second kappa shape index (κ2) is 6.54. The van der Waals surface area contributed by atoms with Crippen molar-refractivity contribution in [3.63, 3.8) is 0 Å². The van der Waals surface area contributed by atoms with E-state index in [2.05, 4.69) is 9.88 Å². The van der Waals surface area contributed by atoms with Crippen molar-refractivity contribution in [1.82, 2.24) is 9.88 Å². The van der Waals surface area contributed by atoms with E-state index in [9.17, 15) is 4.79 Å². The van der Waals surface area contributed by atoms with Gasteiger partial charge in [-0.3, -0.25) is 0 Å². The Kier molecular flexibility index (Phi) is 4.92. The molecule has 2 heterocycles. The first kappa shape index (κ1) is 16.6. The first-order chi connectivity index (χ1) is 10.3. The Hall–Kier alpha value is -1.80. The van der Waals surface area contributed by atoms with Gasteiger partial charge in [0.25, 0.3) is 0 Å². The summed E-state index contributed by atoms with van der Waals surface area (Å²) >= 11 is 0. The molecule has 0 radical (unpaired) electrons. The second-order valence-electron chi connectivity index (χ2n) is 6.28. The van der Waals surface area contributed by atoms with Gasteiger partial charge in [0.2, 0.25) is 0 Å². The average molecular weight is 307 g/mol. The number of hydrogen-bond donors (Lipinski definition) is 2. The van der Waals surface area contributed by atoms with Gasteiger partial charge in [0, 0.05) is 37.8 Å². The maximum Gasteiger partial charge on any atom is 0.490 e. The van der Waals surface area contributed by atoms with Gasteiger partial charge in [-0.2, -0.15) is 0 Å². The van der Waals surface area contributed by atoms with Crippen LogP contribution in [-0.4, -0.2) is 64.9 Å².